The Morgan fingerprint density at radius 3 is 2.85 bits per heavy atom. The molecule has 104 valence electrons. The highest BCUT2D eigenvalue weighted by atomic mass is 35.5. The van der Waals surface area contributed by atoms with E-state index < -0.39 is 5.97 Å². The molecule has 0 saturated heterocycles. The molecule has 0 fully saturated rings. The molecular weight excluding hydrogens is 299 g/mol. The smallest absolute Gasteiger partial charge is 0.328 e. The van der Waals surface area contributed by atoms with E-state index >= 15 is 0 Å². The molecule has 0 radical (unpaired) electrons. The van der Waals surface area contributed by atoms with Gasteiger partial charge < -0.3 is 9.67 Å². The Balaban J connectivity index is 2.33. The molecule has 2 rings (SSSR count). The number of aromatic nitrogens is 2. The maximum atomic E-state index is 10.6. The fourth-order valence-corrected chi connectivity index (χ4v) is 2.27. The number of aliphatic carboxylic acids is 1. The number of hydrogen-bond donors (Lipinski definition) is 1. The number of halogens is 2. The van der Waals surface area contributed by atoms with Crippen molar-refractivity contribution in [2.24, 2.45) is 0 Å². The highest BCUT2D eigenvalue weighted by Crippen LogP contribution is 2.23. The standard InChI is InChI=1S/C14H12Cl2N2O2/c1-9-17-7-12(4-5-14(19)20)18(9)8-10-2-3-11(15)6-13(10)16/h2-7H,8H2,1H3,(H,19,20)/b5-4+. The Hall–Kier alpha value is -1.78. The van der Waals surface area contributed by atoms with Gasteiger partial charge in [-0.1, -0.05) is 29.3 Å². The molecule has 0 atom stereocenters. The van der Waals surface area contributed by atoms with Crippen LogP contribution in [0.3, 0.4) is 0 Å². The maximum Gasteiger partial charge on any atom is 0.328 e. The molecule has 1 aromatic carbocycles. The molecule has 0 aliphatic heterocycles. The zero-order valence-corrected chi connectivity index (χ0v) is 12.2. The molecule has 0 amide bonds. The van der Waals surface area contributed by atoms with Gasteiger partial charge in [0.15, 0.2) is 0 Å². The van der Waals surface area contributed by atoms with E-state index in [1.807, 2.05) is 17.6 Å². The lowest BCUT2D eigenvalue weighted by Crippen LogP contribution is -2.05. The summed E-state index contributed by atoms with van der Waals surface area (Å²) in [5.74, 6) is -0.221. The first-order valence-electron chi connectivity index (χ1n) is 5.84. The van der Waals surface area contributed by atoms with Crippen LogP contribution >= 0.6 is 23.2 Å². The van der Waals surface area contributed by atoms with Gasteiger partial charge in [-0.25, -0.2) is 9.78 Å². The van der Waals surface area contributed by atoms with Crippen molar-refractivity contribution in [3.05, 3.63) is 57.6 Å². The highest BCUT2D eigenvalue weighted by Gasteiger charge is 2.08. The minimum atomic E-state index is -1.00. The van der Waals surface area contributed by atoms with E-state index in [1.165, 1.54) is 6.08 Å². The van der Waals surface area contributed by atoms with Crippen LogP contribution < -0.4 is 0 Å². The van der Waals surface area contributed by atoms with E-state index in [1.54, 1.807) is 18.3 Å². The third kappa shape index (κ3) is 3.40. The summed E-state index contributed by atoms with van der Waals surface area (Å²) >= 11 is 12.0. The van der Waals surface area contributed by atoms with Crippen molar-refractivity contribution in [3.8, 4) is 0 Å². The van der Waals surface area contributed by atoms with Crippen LogP contribution in [0.2, 0.25) is 10.0 Å². The van der Waals surface area contributed by atoms with Gasteiger partial charge in [-0.15, -0.1) is 0 Å². The van der Waals surface area contributed by atoms with Crippen LogP contribution in [-0.4, -0.2) is 20.6 Å². The average molecular weight is 311 g/mol. The largest absolute Gasteiger partial charge is 0.478 e. The lowest BCUT2D eigenvalue weighted by atomic mass is 10.2. The van der Waals surface area contributed by atoms with E-state index in [0.717, 1.165) is 17.5 Å². The molecule has 1 aromatic heterocycles. The predicted molar refractivity (Wildman–Crippen MR) is 79.2 cm³/mol. The van der Waals surface area contributed by atoms with E-state index in [4.69, 9.17) is 28.3 Å². The Labute approximate surface area is 126 Å². The summed E-state index contributed by atoms with van der Waals surface area (Å²) in [7, 11) is 0. The van der Waals surface area contributed by atoms with Gasteiger partial charge >= 0.3 is 5.97 Å². The van der Waals surface area contributed by atoms with Crippen molar-refractivity contribution in [1.29, 1.82) is 0 Å². The van der Waals surface area contributed by atoms with Gasteiger partial charge in [0, 0.05) is 16.1 Å². The van der Waals surface area contributed by atoms with Crippen molar-refractivity contribution in [2.75, 3.05) is 0 Å². The second-order valence-electron chi connectivity index (χ2n) is 4.22. The number of imidazole rings is 1. The zero-order valence-electron chi connectivity index (χ0n) is 10.7. The summed E-state index contributed by atoms with van der Waals surface area (Å²) in [6, 6.07) is 5.29. The minimum absolute atomic E-state index is 0.501. The number of rotatable bonds is 4. The molecule has 0 unspecified atom stereocenters. The Kier molecular flexibility index (Phi) is 4.47. The average Bonchev–Trinajstić information content (AvgIpc) is 2.71. The second-order valence-corrected chi connectivity index (χ2v) is 5.07. The molecule has 0 saturated carbocycles. The second kappa shape index (κ2) is 6.11. The normalized spacial score (nSPS) is 11.2. The van der Waals surface area contributed by atoms with Crippen LogP contribution in [0, 0.1) is 6.92 Å². The van der Waals surface area contributed by atoms with E-state index in [-0.39, 0.29) is 0 Å². The summed E-state index contributed by atoms with van der Waals surface area (Å²) in [5.41, 5.74) is 1.60. The van der Waals surface area contributed by atoms with Crippen molar-refractivity contribution >= 4 is 35.2 Å². The molecule has 6 heteroatoms. The summed E-state index contributed by atoms with van der Waals surface area (Å²) in [4.78, 5) is 14.8. The van der Waals surface area contributed by atoms with Gasteiger partial charge in [0.1, 0.15) is 5.82 Å². The summed E-state index contributed by atoms with van der Waals surface area (Å²) in [5, 5.41) is 9.83. The van der Waals surface area contributed by atoms with Crippen LogP contribution in [0.4, 0.5) is 0 Å². The highest BCUT2D eigenvalue weighted by molar-refractivity contribution is 6.35. The number of aryl methyl sites for hydroxylation is 1. The lowest BCUT2D eigenvalue weighted by Gasteiger charge is -2.10. The van der Waals surface area contributed by atoms with E-state index in [9.17, 15) is 4.79 Å². The van der Waals surface area contributed by atoms with Gasteiger partial charge in [-0.3, -0.25) is 0 Å². The first kappa shape index (κ1) is 14.6. The predicted octanol–water partition coefficient (Wildman–Crippen LogP) is 3.64. The quantitative estimate of drug-likeness (QED) is 0.877. The van der Waals surface area contributed by atoms with Crippen LogP contribution in [0.5, 0.6) is 0 Å². The monoisotopic (exact) mass is 310 g/mol. The molecule has 2 aromatic rings. The van der Waals surface area contributed by atoms with Crippen LogP contribution in [0.25, 0.3) is 6.08 Å². The molecule has 0 aliphatic rings. The Bertz CT molecular complexity index is 678. The number of nitrogens with zero attached hydrogens (tertiary/aromatic N) is 2. The first-order chi connectivity index (χ1) is 9.47. The minimum Gasteiger partial charge on any atom is -0.478 e. The molecule has 1 N–H and O–H groups in total. The summed E-state index contributed by atoms with van der Waals surface area (Å²) in [6.45, 7) is 2.35. The Morgan fingerprint density at radius 1 is 1.45 bits per heavy atom. The van der Waals surface area contributed by atoms with Crippen molar-refractivity contribution < 1.29 is 9.90 Å². The summed E-state index contributed by atoms with van der Waals surface area (Å²) < 4.78 is 1.88. The SMILES string of the molecule is Cc1ncc(/C=C/C(=O)O)n1Cc1ccc(Cl)cc1Cl. The number of carbonyl (C=O) groups is 1. The van der Waals surface area contributed by atoms with Crippen LogP contribution in [0.1, 0.15) is 17.1 Å². The van der Waals surface area contributed by atoms with Gasteiger partial charge in [0.2, 0.25) is 0 Å². The number of hydrogen-bond acceptors (Lipinski definition) is 2. The first-order valence-corrected chi connectivity index (χ1v) is 6.60. The third-order valence-electron chi connectivity index (χ3n) is 2.83. The van der Waals surface area contributed by atoms with Crippen molar-refractivity contribution in [3.63, 3.8) is 0 Å². The van der Waals surface area contributed by atoms with Gasteiger partial charge in [-0.05, 0) is 30.7 Å². The molecule has 4 nitrogen and oxygen atoms in total. The molecule has 1 heterocycles. The van der Waals surface area contributed by atoms with E-state index in [0.29, 0.717) is 22.3 Å². The molecule has 0 bridgehead atoms. The van der Waals surface area contributed by atoms with E-state index in [2.05, 4.69) is 4.98 Å². The number of carboxylic acids is 1. The Morgan fingerprint density at radius 2 is 2.20 bits per heavy atom. The molecule has 0 aliphatic carbocycles. The fourth-order valence-electron chi connectivity index (χ4n) is 1.80. The number of carboxylic acid groups (broad SMARTS) is 1. The fraction of sp³-hybridized carbons (Fsp3) is 0.143. The van der Waals surface area contributed by atoms with Crippen molar-refractivity contribution in [1.82, 2.24) is 9.55 Å². The molecule has 0 spiro atoms. The molecular formula is C14H12Cl2N2O2. The van der Waals surface area contributed by atoms with Crippen molar-refractivity contribution in [2.45, 2.75) is 13.5 Å². The number of benzene rings is 1. The summed E-state index contributed by atoms with van der Waals surface area (Å²) in [6.07, 6.45) is 4.21. The van der Waals surface area contributed by atoms with Crippen LogP contribution in [0.15, 0.2) is 30.5 Å². The lowest BCUT2D eigenvalue weighted by molar-refractivity contribution is -0.131. The van der Waals surface area contributed by atoms with Crippen LogP contribution in [-0.2, 0) is 11.3 Å². The van der Waals surface area contributed by atoms with Gasteiger partial charge in [0.25, 0.3) is 0 Å². The molecule has 20 heavy (non-hydrogen) atoms. The third-order valence-corrected chi connectivity index (χ3v) is 3.41. The zero-order chi connectivity index (χ0) is 14.7. The maximum absolute atomic E-state index is 10.6. The van der Waals surface area contributed by atoms with Gasteiger partial charge in [0.05, 0.1) is 18.4 Å². The topological polar surface area (TPSA) is 55.1 Å². The van der Waals surface area contributed by atoms with Gasteiger partial charge in [-0.2, -0.15) is 0 Å².